The number of benzene rings is 2. The first-order valence-electron chi connectivity index (χ1n) is 11.3. The smallest absolute Gasteiger partial charge is 0.243 e. The zero-order chi connectivity index (χ0) is 21.6. The number of nitrogens with one attached hydrogen (secondary N) is 1. The number of hydrogen-bond acceptors (Lipinski definition) is 3. The van der Waals surface area contributed by atoms with Gasteiger partial charge in [-0.05, 0) is 66.6 Å². The maximum atomic E-state index is 13.4. The van der Waals surface area contributed by atoms with E-state index in [-0.39, 0.29) is 29.7 Å². The van der Waals surface area contributed by atoms with Gasteiger partial charge in [0.1, 0.15) is 5.82 Å². The summed E-state index contributed by atoms with van der Waals surface area (Å²) in [6, 6.07) is 12.3. The Balaban J connectivity index is 1.47. The third-order valence-corrected chi connectivity index (χ3v) is 9.24. The van der Waals surface area contributed by atoms with Gasteiger partial charge in [-0.15, -0.1) is 0 Å². The van der Waals surface area contributed by atoms with Crippen molar-refractivity contribution in [3.05, 3.63) is 71.6 Å². The van der Waals surface area contributed by atoms with E-state index < -0.39 is 10.0 Å². The summed E-state index contributed by atoms with van der Waals surface area (Å²) in [7, 11) is -1.80. The molecule has 1 N–H and O–H groups in total. The van der Waals surface area contributed by atoms with Crippen molar-refractivity contribution >= 4 is 15.7 Å². The second kappa shape index (κ2) is 8.06. The summed E-state index contributed by atoms with van der Waals surface area (Å²) in [4.78, 5) is 0.375. The van der Waals surface area contributed by atoms with Crippen LogP contribution in [0.25, 0.3) is 0 Å². The van der Waals surface area contributed by atoms with E-state index in [4.69, 9.17) is 0 Å². The zero-order valence-electron chi connectivity index (χ0n) is 17.8. The fourth-order valence-corrected chi connectivity index (χ4v) is 6.99. The normalized spacial score (nSPS) is 25.8. The van der Waals surface area contributed by atoms with Crippen molar-refractivity contribution in [3.63, 3.8) is 0 Å². The Morgan fingerprint density at radius 1 is 1.03 bits per heavy atom. The molecule has 1 aliphatic heterocycles. The van der Waals surface area contributed by atoms with E-state index in [9.17, 15) is 12.8 Å². The maximum absolute atomic E-state index is 13.4. The van der Waals surface area contributed by atoms with Crippen LogP contribution in [0.1, 0.15) is 61.6 Å². The van der Waals surface area contributed by atoms with Crippen molar-refractivity contribution in [2.75, 3.05) is 12.4 Å². The molecule has 4 nitrogen and oxygen atoms in total. The number of halogens is 1. The topological polar surface area (TPSA) is 49.4 Å². The molecule has 6 heteroatoms. The Bertz CT molecular complexity index is 1090. The zero-order valence-corrected chi connectivity index (χ0v) is 18.6. The lowest BCUT2D eigenvalue weighted by molar-refractivity contribution is 0.286. The Kier molecular flexibility index (Phi) is 5.39. The number of fused-ring (bicyclic) bond motifs is 3. The molecule has 3 atom stereocenters. The summed E-state index contributed by atoms with van der Waals surface area (Å²) in [6.45, 7) is 0. The van der Waals surface area contributed by atoms with Crippen molar-refractivity contribution in [1.82, 2.24) is 4.31 Å². The third kappa shape index (κ3) is 3.70. The highest BCUT2D eigenvalue weighted by Crippen LogP contribution is 2.50. The summed E-state index contributed by atoms with van der Waals surface area (Å²) in [5, 5.41) is 3.60. The van der Waals surface area contributed by atoms with Gasteiger partial charge >= 0.3 is 0 Å². The highest BCUT2D eigenvalue weighted by molar-refractivity contribution is 7.89. The van der Waals surface area contributed by atoms with Crippen LogP contribution >= 0.6 is 0 Å². The van der Waals surface area contributed by atoms with Gasteiger partial charge in [-0.3, -0.25) is 0 Å². The highest BCUT2D eigenvalue weighted by Gasteiger charge is 2.39. The molecule has 2 aromatic carbocycles. The van der Waals surface area contributed by atoms with Gasteiger partial charge in [0, 0.05) is 24.7 Å². The maximum Gasteiger partial charge on any atom is 0.243 e. The monoisotopic (exact) mass is 440 g/mol. The predicted octanol–water partition coefficient (Wildman–Crippen LogP) is 5.61. The van der Waals surface area contributed by atoms with Crippen LogP contribution in [0.15, 0.2) is 59.5 Å². The minimum Gasteiger partial charge on any atom is -0.378 e. The molecule has 1 heterocycles. The van der Waals surface area contributed by atoms with Crippen molar-refractivity contribution < 1.29 is 12.8 Å². The SMILES string of the molecule is CN(C1CCCCC1)S(=O)(=O)c1ccc2c(c1)C1C=CCC1C(c1ccc(F)cc1)N2. The van der Waals surface area contributed by atoms with E-state index in [1.54, 1.807) is 17.4 Å². The average molecular weight is 441 g/mol. The van der Waals surface area contributed by atoms with Crippen LogP contribution in [0.5, 0.6) is 0 Å². The Morgan fingerprint density at radius 3 is 2.52 bits per heavy atom. The molecule has 31 heavy (non-hydrogen) atoms. The average Bonchev–Trinajstić information content (AvgIpc) is 3.29. The number of sulfonamides is 1. The van der Waals surface area contributed by atoms with Crippen molar-refractivity contribution in [3.8, 4) is 0 Å². The van der Waals surface area contributed by atoms with Crippen molar-refractivity contribution in [1.29, 1.82) is 0 Å². The molecular formula is C25H29FN2O2S. The van der Waals surface area contributed by atoms with Crippen LogP contribution < -0.4 is 5.32 Å². The molecule has 0 radical (unpaired) electrons. The van der Waals surface area contributed by atoms with E-state index >= 15 is 0 Å². The van der Waals surface area contributed by atoms with Crippen LogP contribution in [-0.4, -0.2) is 25.8 Å². The van der Waals surface area contributed by atoms with Crippen LogP contribution in [0.4, 0.5) is 10.1 Å². The highest BCUT2D eigenvalue weighted by atomic mass is 32.2. The summed E-state index contributed by atoms with van der Waals surface area (Å²) in [5.41, 5.74) is 3.05. The molecule has 0 amide bonds. The lowest BCUT2D eigenvalue weighted by atomic mass is 9.77. The standard InChI is InChI=1S/C25H29FN2O2S/c1-28(19-6-3-2-4-7-19)31(29,30)20-14-15-24-23(16-20)21-8-5-9-22(21)25(27-24)17-10-12-18(26)13-11-17/h5,8,10-16,19,21-22,25,27H,2-4,6-7,9H2,1H3. The number of nitrogens with zero attached hydrogens (tertiary/aromatic N) is 1. The van der Waals surface area contributed by atoms with Crippen LogP contribution in [0, 0.1) is 11.7 Å². The first kappa shape index (κ1) is 20.7. The Hall–Kier alpha value is -2.18. The van der Waals surface area contributed by atoms with Gasteiger partial charge in [-0.25, -0.2) is 12.8 Å². The van der Waals surface area contributed by atoms with E-state index in [1.165, 1.54) is 18.6 Å². The molecule has 0 aromatic heterocycles. The van der Waals surface area contributed by atoms with Gasteiger partial charge in [0.15, 0.2) is 0 Å². The molecule has 1 fully saturated rings. The van der Waals surface area contributed by atoms with Crippen molar-refractivity contribution in [2.24, 2.45) is 5.92 Å². The van der Waals surface area contributed by atoms with Gasteiger partial charge in [-0.1, -0.05) is 43.5 Å². The van der Waals surface area contributed by atoms with Crippen LogP contribution in [-0.2, 0) is 10.0 Å². The van der Waals surface area contributed by atoms with Gasteiger partial charge in [0.25, 0.3) is 0 Å². The van der Waals surface area contributed by atoms with Crippen molar-refractivity contribution in [2.45, 2.75) is 61.4 Å². The molecule has 2 aromatic rings. The molecule has 3 aliphatic rings. The van der Waals surface area contributed by atoms with Gasteiger partial charge in [0.05, 0.1) is 10.9 Å². The van der Waals surface area contributed by atoms with E-state index in [0.29, 0.717) is 4.90 Å². The lowest BCUT2D eigenvalue weighted by Crippen LogP contribution is -2.38. The predicted molar refractivity (Wildman–Crippen MR) is 121 cm³/mol. The van der Waals surface area contributed by atoms with Crippen LogP contribution in [0.3, 0.4) is 0 Å². The second-order valence-corrected chi connectivity index (χ2v) is 11.1. The first-order chi connectivity index (χ1) is 14.9. The van der Waals surface area contributed by atoms with Gasteiger partial charge < -0.3 is 5.32 Å². The molecule has 0 bridgehead atoms. The van der Waals surface area contributed by atoms with E-state index in [2.05, 4.69) is 17.5 Å². The molecule has 0 saturated heterocycles. The van der Waals surface area contributed by atoms with E-state index in [0.717, 1.165) is 48.9 Å². The molecule has 5 rings (SSSR count). The number of allylic oxidation sites excluding steroid dienone is 2. The van der Waals surface area contributed by atoms with Crippen LogP contribution in [0.2, 0.25) is 0 Å². The molecular weight excluding hydrogens is 411 g/mol. The summed E-state index contributed by atoms with van der Waals surface area (Å²) in [6.07, 6.45) is 10.6. The van der Waals surface area contributed by atoms with E-state index in [1.807, 2.05) is 24.3 Å². The second-order valence-electron chi connectivity index (χ2n) is 9.09. The van der Waals surface area contributed by atoms with Gasteiger partial charge in [-0.2, -0.15) is 4.31 Å². The number of hydrogen-bond donors (Lipinski definition) is 1. The quantitative estimate of drug-likeness (QED) is 0.629. The minimum atomic E-state index is -3.53. The molecule has 1 saturated carbocycles. The Morgan fingerprint density at radius 2 is 1.77 bits per heavy atom. The Labute approximate surface area is 184 Å². The van der Waals surface area contributed by atoms with Gasteiger partial charge in [0.2, 0.25) is 10.0 Å². The third-order valence-electron chi connectivity index (χ3n) is 7.33. The summed E-state index contributed by atoms with van der Waals surface area (Å²) < 4.78 is 41.8. The summed E-state index contributed by atoms with van der Waals surface area (Å²) >= 11 is 0. The fourth-order valence-electron chi connectivity index (χ4n) is 5.54. The molecule has 164 valence electrons. The largest absolute Gasteiger partial charge is 0.378 e. The number of anilines is 1. The molecule has 3 unspecified atom stereocenters. The summed E-state index contributed by atoms with van der Waals surface area (Å²) in [5.74, 6) is 0.200. The fraction of sp³-hybridized carbons (Fsp3) is 0.440. The minimum absolute atomic E-state index is 0.0699. The molecule has 2 aliphatic carbocycles. The lowest BCUT2D eigenvalue weighted by Gasteiger charge is -2.38. The number of rotatable bonds is 4. The molecule has 0 spiro atoms. The first-order valence-corrected chi connectivity index (χ1v) is 12.7.